The highest BCUT2D eigenvalue weighted by Crippen LogP contribution is 2.29. The molecule has 0 aliphatic carbocycles. The van der Waals surface area contributed by atoms with Gasteiger partial charge < -0.3 is 5.73 Å². The lowest BCUT2D eigenvalue weighted by Gasteiger charge is -2.09. The summed E-state index contributed by atoms with van der Waals surface area (Å²) < 4.78 is 0. The molecule has 27 heavy (non-hydrogen) atoms. The third-order valence-electron chi connectivity index (χ3n) is 3.76. The van der Waals surface area contributed by atoms with E-state index in [0.717, 1.165) is 11.1 Å². The zero-order chi connectivity index (χ0) is 19.4. The van der Waals surface area contributed by atoms with Crippen LogP contribution in [0.15, 0.2) is 47.6 Å². The van der Waals surface area contributed by atoms with Gasteiger partial charge in [-0.05, 0) is 35.4 Å². The van der Waals surface area contributed by atoms with Gasteiger partial charge in [0.2, 0.25) is 0 Å². The molecule has 2 N–H and O–H groups in total. The second-order valence-electron chi connectivity index (χ2n) is 5.65. The van der Waals surface area contributed by atoms with E-state index in [1.807, 2.05) is 18.2 Å². The Morgan fingerprint density at radius 1 is 1.00 bits per heavy atom. The van der Waals surface area contributed by atoms with E-state index in [-0.39, 0.29) is 5.82 Å². The van der Waals surface area contributed by atoms with Crippen LogP contribution in [0.4, 0.5) is 5.82 Å². The van der Waals surface area contributed by atoms with Crippen molar-refractivity contribution in [3.63, 3.8) is 0 Å². The van der Waals surface area contributed by atoms with Crippen molar-refractivity contribution in [2.45, 2.75) is 17.3 Å². The summed E-state index contributed by atoms with van der Waals surface area (Å²) in [5.41, 5.74) is 8.74. The predicted molar refractivity (Wildman–Crippen MR) is 111 cm³/mol. The summed E-state index contributed by atoms with van der Waals surface area (Å²) in [6, 6.07) is 14.8. The van der Waals surface area contributed by atoms with Gasteiger partial charge in [0.15, 0.2) is 5.16 Å². The van der Waals surface area contributed by atoms with E-state index in [1.54, 1.807) is 24.3 Å². The van der Waals surface area contributed by atoms with E-state index in [4.69, 9.17) is 40.5 Å². The van der Waals surface area contributed by atoms with Crippen LogP contribution in [0, 0.1) is 11.3 Å². The summed E-state index contributed by atoms with van der Waals surface area (Å²) in [5.74, 6) is 0.725. The third kappa shape index (κ3) is 5.06. The number of benzene rings is 2. The standard InChI is InChI=1S/C19H13Cl3N4S/c20-13-4-1-11(2-5-13)7-17-15(9-23)18(24)26-19(25-17)27-10-12-3-6-14(21)8-16(12)22/h1-6,8H,7,10H2,(H2,24,25,26). The Morgan fingerprint density at radius 3 is 2.37 bits per heavy atom. The highest BCUT2D eigenvalue weighted by Gasteiger charge is 2.14. The highest BCUT2D eigenvalue weighted by molar-refractivity contribution is 7.98. The first-order valence-corrected chi connectivity index (χ1v) is 9.96. The van der Waals surface area contributed by atoms with Crippen LogP contribution in [0.25, 0.3) is 0 Å². The summed E-state index contributed by atoms with van der Waals surface area (Å²) in [4.78, 5) is 8.77. The Bertz CT molecular complexity index is 1020. The van der Waals surface area contributed by atoms with E-state index >= 15 is 0 Å². The zero-order valence-corrected chi connectivity index (χ0v) is 17.0. The Kier molecular flexibility index (Phi) is 6.46. The number of nitrogens with zero attached hydrogens (tertiary/aromatic N) is 3. The van der Waals surface area contributed by atoms with Crippen molar-refractivity contribution < 1.29 is 0 Å². The van der Waals surface area contributed by atoms with E-state index in [2.05, 4.69) is 16.0 Å². The van der Waals surface area contributed by atoms with Crippen LogP contribution >= 0.6 is 46.6 Å². The first kappa shape index (κ1) is 19.8. The van der Waals surface area contributed by atoms with Gasteiger partial charge in [-0.2, -0.15) is 5.26 Å². The fraction of sp³-hybridized carbons (Fsp3) is 0.105. The molecule has 3 rings (SSSR count). The Hall–Kier alpha value is -1.97. The number of halogens is 3. The molecular weight excluding hydrogens is 423 g/mol. The maximum absolute atomic E-state index is 9.41. The van der Waals surface area contributed by atoms with E-state index in [0.29, 0.717) is 43.7 Å². The second-order valence-corrected chi connectivity index (χ2v) is 7.88. The number of nitriles is 1. The zero-order valence-electron chi connectivity index (χ0n) is 13.9. The molecule has 0 radical (unpaired) electrons. The molecule has 0 saturated carbocycles. The molecule has 136 valence electrons. The number of nitrogens with two attached hydrogens (primary N) is 1. The number of aromatic nitrogens is 2. The highest BCUT2D eigenvalue weighted by atomic mass is 35.5. The van der Waals surface area contributed by atoms with Crippen LogP contribution in [0.1, 0.15) is 22.4 Å². The number of thioether (sulfide) groups is 1. The molecule has 0 saturated heterocycles. The van der Waals surface area contributed by atoms with Gasteiger partial charge >= 0.3 is 0 Å². The topological polar surface area (TPSA) is 75.6 Å². The maximum atomic E-state index is 9.41. The predicted octanol–water partition coefficient (Wildman–Crippen LogP) is 5.77. The first-order valence-electron chi connectivity index (χ1n) is 7.84. The molecule has 4 nitrogen and oxygen atoms in total. The summed E-state index contributed by atoms with van der Waals surface area (Å²) in [5, 5.41) is 11.7. The van der Waals surface area contributed by atoms with Crippen molar-refractivity contribution in [3.05, 3.63) is 79.9 Å². The molecule has 8 heteroatoms. The molecular formula is C19H13Cl3N4S. The fourth-order valence-electron chi connectivity index (χ4n) is 2.39. The SMILES string of the molecule is N#Cc1c(N)nc(SCc2ccc(Cl)cc2Cl)nc1Cc1ccc(Cl)cc1. The van der Waals surface area contributed by atoms with Crippen molar-refractivity contribution in [2.75, 3.05) is 5.73 Å². The molecule has 2 aromatic carbocycles. The Balaban J connectivity index is 1.85. The van der Waals surface area contributed by atoms with Crippen LogP contribution in [0.3, 0.4) is 0 Å². The van der Waals surface area contributed by atoms with Crippen LogP contribution in [-0.2, 0) is 12.2 Å². The lowest BCUT2D eigenvalue weighted by Crippen LogP contribution is -2.06. The number of anilines is 1. The molecule has 1 heterocycles. The van der Waals surface area contributed by atoms with Crippen molar-refractivity contribution in [3.8, 4) is 6.07 Å². The summed E-state index contributed by atoms with van der Waals surface area (Å²) in [6.07, 6.45) is 0.460. The van der Waals surface area contributed by atoms with E-state index < -0.39 is 0 Å². The van der Waals surface area contributed by atoms with E-state index in [9.17, 15) is 5.26 Å². The Morgan fingerprint density at radius 2 is 1.70 bits per heavy atom. The maximum Gasteiger partial charge on any atom is 0.190 e. The van der Waals surface area contributed by atoms with Gasteiger partial charge in [0.1, 0.15) is 17.5 Å². The summed E-state index contributed by atoms with van der Waals surface area (Å²) in [7, 11) is 0. The quantitative estimate of drug-likeness (QED) is 0.406. The molecule has 0 bridgehead atoms. The molecule has 0 unspecified atom stereocenters. The number of hydrogen-bond donors (Lipinski definition) is 1. The van der Waals surface area contributed by atoms with Crippen LogP contribution in [0.5, 0.6) is 0 Å². The minimum Gasteiger partial charge on any atom is -0.382 e. The molecule has 0 amide bonds. The number of rotatable bonds is 5. The fourth-order valence-corrected chi connectivity index (χ4v) is 3.95. The van der Waals surface area contributed by atoms with Crippen molar-refractivity contribution >= 4 is 52.4 Å². The number of hydrogen-bond acceptors (Lipinski definition) is 5. The largest absolute Gasteiger partial charge is 0.382 e. The molecule has 0 aliphatic heterocycles. The molecule has 0 fully saturated rings. The van der Waals surface area contributed by atoms with Crippen LogP contribution < -0.4 is 5.73 Å². The average Bonchev–Trinajstić information content (AvgIpc) is 2.63. The van der Waals surface area contributed by atoms with Crippen LogP contribution in [0.2, 0.25) is 15.1 Å². The van der Waals surface area contributed by atoms with E-state index in [1.165, 1.54) is 11.8 Å². The van der Waals surface area contributed by atoms with Crippen molar-refractivity contribution in [1.82, 2.24) is 9.97 Å². The van der Waals surface area contributed by atoms with Gasteiger partial charge in [-0.25, -0.2) is 9.97 Å². The summed E-state index contributed by atoms with van der Waals surface area (Å²) >= 11 is 19.5. The average molecular weight is 436 g/mol. The molecule has 1 aromatic heterocycles. The van der Waals surface area contributed by atoms with Gasteiger partial charge in [-0.1, -0.05) is 64.8 Å². The molecule has 0 aliphatic rings. The molecule has 3 aromatic rings. The number of nitrogen functional groups attached to an aromatic ring is 1. The lowest BCUT2D eigenvalue weighted by molar-refractivity contribution is 0.902. The van der Waals surface area contributed by atoms with Gasteiger partial charge in [0.25, 0.3) is 0 Å². The van der Waals surface area contributed by atoms with Gasteiger partial charge in [0.05, 0.1) is 5.69 Å². The third-order valence-corrected chi connectivity index (χ3v) is 5.49. The molecule has 0 atom stereocenters. The van der Waals surface area contributed by atoms with Crippen molar-refractivity contribution in [2.24, 2.45) is 0 Å². The first-order chi connectivity index (χ1) is 13.0. The summed E-state index contributed by atoms with van der Waals surface area (Å²) in [6.45, 7) is 0. The minimum atomic E-state index is 0.168. The lowest BCUT2D eigenvalue weighted by atomic mass is 10.1. The van der Waals surface area contributed by atoms with Gasteiger partial charge in [-0.15, -0.1) is 0 Å². The van der Waals surface area contributed by atoms with Crippen LogP contribution in [-0.4, -0.2) is 9.97 Å². The van der Waals surface area contributed by atoms with Gasteiger partial charge in [0, 0.05) is 27.2 Å². The van der Waals surface area contributed by atoms with Gasteiger partial charge in [-0.3, -0.25) is 0 Å². The Labute approximate surface area is 176 Å². The molecule has 0 spiro atoms. The minimum absolute atomic E-state index is 0.168. The normalized spacial score (nSPS) is 10.6. The second kappa shape index (κ2) is 8.81. The monoisotopic (exact) mass is 434 g/mol. The smallest absolute Gasteiger partial charge is 0.190 e. The van der Waals surface area contributed by atoms with Crippen molar-refractivity contribution in [1.29, 1.82) is 5.26 Å².